The van der Waals surface area contributed by atoms with E-state index in [1.54, 1.807) is 23.1 Å². The molecule has 0 spiro atoms. The molecule has 1 saturated carbocycles. The van der Waals surface area contributed by atoms with Crippen LogP contribution in [0.15, 0.2) is 31.0 Å². The van der Waals surface area contributed by atoms with Gasteiger partial charge >= 0.3 is 0 Å². The van der Waals surface area contributed by atoms with Gasteiger partial charge in [0.25, 0.3) is 5.91 Å². The average molecular weight is 469 g/mol. The van der Waals surface area contributed by atoms with Gasteiger partial charge in [0.1, 0.15) is 5.75 Å². The number of aromatic nitrogens is 1. The molecule has 1 N–H and O–H groups in total. The zero-order valence-corrected chi connectivity index (χ0v) is 19.7. The maximum atomic E-state index is 13.3. The smallest absolute Gasteiger partial charge is 0.257 e. The highest BCUT2D eigenvalue weighted by Gasteiger charge is 2.30. The molecule has 0 unspecified atom stereocenters. The fourth-order valence-electron chi connectivity index (χ4n) is 3.87. The Morgan fingerprint density at radius 2 is 1.91 bits per heavy atom. The Hall–Kier alpha value is -3.20. The Morgan fingerprint density at radius 1 is 1.21 bits per heavy atom. The maximum Gasteiger partial charge on any atom is 0.257 e. The molecule has 2 aliphatic rings. The van der Waals surface area contributed by atoms with Crippen molar-refractivity contribution in [3.05, 3.63) is 52.6 Å². The van der Waals surface area contributed by atoms with E-state index in [1.165, 1.54) is 17.4 Å². The number of benzene rings is 1. The minimum Gasteiger partial charge on any atom is -0.496 e. The predicted molar refractivity (Wildman–Crippen MR) is 127 cm³/mol. The van der Waals surface area contributed by atoms with Crippen molar-refractivity contribution in [3.63, 3.8) is 0 Å². The van der Waals surface area contributed by atoms with Gasteiger partial charge in [-0.05, 0) is 49.1 Å². The van der Waals surface area contributed by atoms with Gasteiger partial charge in [-0.15, -0.1) is 11.3 Å². The molecule has 0 radical (unpaired) electrons. The van der Waals surface area contributed by atoms with Crippen LogP contribution in [0, 0.1) is 12.8 Å². The molecule has 1 saturated heterocycles. The monoisotopic (exact) mass is 468 g/mol. The van der Waals surface area contributed by atoms with E-state index < -0.39 is 0 Å². The summed E-state index contributed by atoms with van der Waals surface area (Å²) in [5, 5.41) is 3.49. The standard InChI is InChI=1S/C24H28N4O4S/c1-4-21(29)27-7-9-28(10-8-27)23(31)19-13-17(15(2)11-20(19)32-3)12-18-14-25-24(33-18)26-22(30)16-5-6-16/h4,11,13-14,16H,1,5-10,12H2,2-3H3,(H,25,26,30). The van der Waals surface area contributed by atoms with E-state index in [9.17, 15) is 14.4 Å². The molecule has 174 valence electrons. The highest BCUT2D eigenvalue weighted by molar-refractivity contribution is 7.15. The van der Waals surface area contributed by atoms with Gasteiger partial charge in [0.05, 0.1) is 12.7 Å². The molecule has 2 aromatic rings. The van der Waals surface area contributed by atoms with Gasteiger partial charge < -0.3 is 19.9 Å². The molecule has 33 heavy (non-hydrogen) atoms. The number of carbonyl (C=O) groups is 3. The molecule has 2 fully saturated rings. The van der Waals surface area contributed by atoms with Gasteiger partial charge in [0, 0.05) is 49.6 Å². The molecule has 9 heteroatoms. The number of piperazine rings is 1. The van der Waals surface area contributed by atoms with Gasteiger partial charge in [-0.1, -0.05) is 6.58 Å². The summed E-state index contributed by atoms with van der Waals surface area (Å²) in [5.41, 5.74) is 2.53. The summed E-state index contributed by atoms with van der Waals surface area (Å²) in [7, 11) is 1.56. The molecule has 1 aromatic heterocycles. The Labute approximate surface area is 197 Å². The lowest BCUT2D eigenvalue weighted by molar-refractivity contribution is -0.127. The number of nitrogens with zero attached hydrogens (tertiary/aromatic N) is 3. The number of hydrogen-bond donors (Lipinski definition) is 1. The predicted octanol–water partition coefficient (Wildman–Crippen LogP) is 2.87. The molecule has 1 aliphatic carbocycles. The Morgan fingerprint density at radius 3 is 2.55 bits per heavy atom. The molecular weight excluding hydrogens is 440 g/mol. The molecule has 1 aliphatic heterocycles. The van der Waals surface area contributed by atoms with E-state index in [-0.39, 0.29) is 23.6 Å². The van der Waals surface area contributed by atoms with Crippen LogP contribution in [0.5, 0.6) is 5.75 Å². The normalized spacial score (nSPS) is 15.8. The van der Waals surface area contributed by atoms with Crippen LogP contribution < -0.4 is 10.1 Å². The number of anilines is 1. The van der Waals surface area contributed by atoms with Crippen molar-refractivity contribution in [3.8, 4) is 5.75 Å². The molecule has 0 atom stereocenters. The van der Waals surface area contributed by atoms with Crippen molar-refractivity contribution in [1.29, 1.82) is 0 Å². The highest BCUT2D eigenvalue weighted by Crippen LogP contribution is 2.32. The number of amides is 3. The first-order valence-electron chi connectivity index (χ1n) is 11.0. The molecule has 0 bridgehead atoms. The Balaban J connectivity index is 1.48. The summed E-state index contributed by atoms with van der Waals surface area (Å²) in [5.74, 6) is 0.480. The van der Waals surface area contributed by atoms with Crippen molar-refractivity contribution in [2.24, 2.45) is 5.92 Å². The van der Waals surface area contributed by atoms with Crippen molar-refractivity contribution in [2.45, 2.75) is 26.2 Å². The van der Waals surface area contributed by atoms with E-state index in [1.807, 2.05) is 19.1 Å². The number of rotatable bonds is 7. The van der Waals surface area contributed by atoms with Crippen LogP contribution in [0.1, 0.15) is 39.2 Å². The largest absolute Gasteiger partial charge is 0.496 e. The number of carbonyl (C=O) groups excluding carboxylic acids is 3. The Bertz CT molecular complexity index is 1080. The van der Waals surface area contributed by atoms with E-state index in [4.69, 9.17) is 4.74 Å². The molecular formula is C24H28N4O4S. The molecule has 8 nitrogen and oxygen atoms in total. The van der Waals surface area contributed by atoms with Gasteiger partial charge in [-0.2, -0.15) is 0 Å². The number of thiazole rings is 1. The number of hydrogen-bond acceptors (Lipinski definition) is 6. The van der Waals surface area contributed by atoms with Crippen LogP contribution in [0.4, 0.5) is 5.13 Å². The second-order valence-electron chi connectivity index (χ2n) is 8.37. The first-order chi connectivity index (χ1) is 15.9. The fraction of sp³-hybridized carbons (Fsp3) is 0.417. The lowest BCUT2D eigenvalue weighted by atomic mass is 9.99. The molecule has 2 heterocycles. The van der Waals surface area contributed by atoms with Crippen LogP contribution in [0.25, 0.3) is 0 Å². The average Bonchev–Trinajstić information content (AvgIpc) is 3.60. The summed E-state index contributed by atoms with van der Waals surface area (Å²) in [4.78, 5) is 45.9. The third-order valence-corrected chi connectivity index (χ3v) is 6.95. The molecule has 3 amide bonds. The summed E-state index contributed by atoms with van der Waals surface area (Å²) in [6.07, 6.45) is 5.58. The third-order valence-electron chi connectivity index (χ3n) is 6.04. The van der Waals surface area contributed by atoms with Crippen LogP contribution in [-0.4, -0.2) is 65.8 Å². The van der Waals surface area contributed by atoms with E-state index in [2.05, 4.69) is 16.9 Å². The minimum absolute atomic E-state index is 0.0410. The maximum absolute atomic E-state index is 13.3. The van der Waals surface area contributed by atoms with Gasteiger partial charge in [0.2, 0.25) is 11.8 Å². The summed E-state index contributed by atoms with van der Waals surface area (Å²) >= 11 is 1.45. The number of nitrogens with one attached hydrogen (secondary N) is 1. The van der Waals surface area contributed by atoms with Crippen LogP contribution >= 0.6 is 11.3 Å². The minimum atomic E-state index is -0.116. The Kier molecular flexibility index (Phi) is 6.78. The van der Waals surface area contributed by atoms with Crippen molar-refractivity contribution in [1.82, 2.24) is 14.8 Å². The third kappa shape index (κ3) is 5.24. The van der Waals surface area contributed by atoms with Crippen molar-refractivity contribution in [2.75, 3.05) is 38.6 Å². The van der Waals surface area contributed by atoms with E-state index >= 15 is 0 Å². The SMILES string of the molecule is C=CC(=O)N1CCN(C(=O)c2cc(Cc3cnc(NC(=O)C4CC4)s3)c(C)cc2OC)CC1. The van der Waals surface area contributed by atoms with Gasteiger partial charge in [0.15, 0.2) is 5.13 Å². The van der Waals surface area contributed by atoms with Gasteiger partial charge in [-0.3, -0.25) is 14.4 Å². The zero-order chi connectivity index (χ0) is 23.5. The van der Waals surface area contributed by atoms with Crippen LogP contribution in [0.2, 0.25) is 0 Å². The molecule has 4 rings (SSSR count). The summed E-state index contributed by atoms with van der Waals surface area (Å²) < 4.78 is 5.51. The summed E-state index contributed by atoms with van der Waals surface area (Å²) in [6, 6.07) is 3.77. The van der Waals surface area contributed by atoms with E-state index in [0.29, 0.717) is 49.0 Å². The number of methoxy groups -OCH3 is 1. The molecule has 1 aromatic carbocycles. The lowest BCUT2D eigenvalue weighted by Crippen LogP contribution is -2.50. The second kappa shape index (κ2) is 9.74. The summed E-state index contributed by atoms with van der Waals surface area (Å²) in [6.45, 7) is 7.40. The van der Waals surface area contributed by atoms with Crippen molar-refractivity contribution >= 4 is 34.2 Å². The van der Waals surface area contributed by atoms with Gasteiger partial charge in [-0.25, -0.2) is 4.98 Å². The first-order valence-corrected chi connectivity index (χ1v) is 11.8. The van der Waals surface area contributed by atoms with Crippen LogP contribution in [-0.2, 0) is 16.0 Å². The number of aryl methyl sites for hydroxylation is 1. The fourth-order valence-corrected chi connectivity index (χ4v) is 4.71. The first kappa shape index (κ1) is 23.0. The van der Waals surface area contributed by atoms with Crippen molar-refractivity contribution < 1.29 is 19.1 Å². The quantitative estimate of drug-likeness (QED) is 0.631. The zero-order valence-electron chi connectivity index (χ0n) is 18.9. The van der Waals surface area contributed by atoms with E-state index in [0.717, 1.165) is 28.8 Å². The second-order valence-corrected chi connectivity index (χ2v) is 9.49. The van der Waals surface area contributed by atoms with Crippen LogP contribution in [0.3, 0.4) is 0 Å². The number of ether oxygens (including phenoxy) is 1. The topological polar surface area (TPSA) is 91.8 Å². The lowest BCUT2D eigenvalue weighted by Gasteiger charge is -2.34. The highest BCUT2D eigenvalue weighted by atomic mass is 32.1.